The number of amides is 1. The molecule has 1 amide bonds. The molecule has 0 saturated carbocycles. The number of rotatable bonds is 5. The summed E-state index contributed by atoms with van der Waals surface area (Å²) in [5.41, 5.74) is 1.66. The van der Waals surface area contributed by atoms with Crippen molar-refractivity contribution in [1.82, 2.24) is 20.3 Å². The number of benzene rings is 1. The highest BCUT2D eigenvalue weighted by molar-refractivity contribution is 6.35. The monoisotopic (exact) mass is 373 g/mol. The Morgan fingerprint density at radius 3 is 2.52 bits per heavy atom. The Labute approximate surface area is 154 Å². The van der Waals surface area contributed by atoms with Crippen LogP contribution in [0.3, 0.4) is 0 Å². The minimum absolute atomic E-state index is 0.238. The maximum absolute atomic E-state index is 12.2. The lowest BCUT2D eigenvalue weighted by Gasteiger charge is -2.08. The van der Waals surface area contributed by atoms with Gasteiger partial charge in [0.1, 0.15) is 17.8 Å². The number of hydrogen-bond acceptors (Lipinski definition) is 5. The molecular formula is C17H13Cl2N5O. The quantitative estimate of drug-likeness (QED) is 0.709. The van der Waals surface area contributed by atoms with Gasteiger partial charge in [0.05, 0.1) is 12.2 Å². The van der Waals surface area contributed by atoms with Crippen molar-refractivity contribution in [3.63, 3.8) is 0 Å². The van der Waals surface area contributed by atoms with Crippen LogP contribution in [0.15, 0.2) is 55.0 Å². The zero-order valence-electron chi connectivity index (χ0n) is 12.9. The summed E-state index contributed by atoms with van der Waals surface area (Å²) in [6.45, 7) is 0.316. The van der Waals surface area contributed by atoms with E-state index >= 15 is 0 Å². The van der Waals surface area contributed by atoms with Crippen LogP contribution in [0.4, 0.5) is 11.5 Å². The maximum atomic E-state index is 12.2. The predicted molar refractivity (Wildman–Crippen MR) is 97.2 cm³/mol. The van der Waals surface area contributed by atoms with Crippen molar-refractivity contribution < 1.29 is 4.79 Å². The van der Waals surface area contributed by atoms with E-state index in [1.54, 1.807) is 30.5 Å². The lowest BCUT2D eigenvalue weighted by molar-refractivity contribution is 0.0945. The van der Waals surface area contributed by atoms with Crippen LogP contribution < -0.4 is 10.6 Å². The van der Waals surface area contributed by atoms with E-state index in [2.05, 4.69) is 25.6 Å². The summed E-state index contributed by atoms with van der Waals surface area (Å²) in [6, 6.07) is 12.1. The Morgan fingerprint density at radius 2 is 1.80 bits per heavy atom. The van der Waals surface area contributed by atoms with Gasteiger partial charge in [0.15, 0.2) is 0 Å². The number of hydrogen-bond donors (Lipinski definition) is 2. The van der Waals surface area contributed by atoms with Gasteiger partial charge < -0.3 is 10.6 Å². The van der Waals surface area contributed by atoms with E-state index in [0.29, 0.717) is 28.1 Å². The average Bonchev–Trinajstić information content (AvgIpc) is 2.60. The molecule has 6 nitrogen and oxygen atoms in total. The Balaban J connectivity index is 1.69. The van der Waals surface area contributed by atoms with Crippen LogP contribution in [0.5, 0.6) is 0 Å². The molecule has 0 unspecified atom stereocenters. The van der Waals surface area contributed by atoms with E-state index in [0.717, 1.165) is 5.69 Å². The second kappa shape index (κ2) is 7.92. The molecule has 3 rings (SSSR count). The first-order valence-corrected chi connectivity index (χ1v) is 8.09. The summed E-state index contributed by atoms with van der Waals surface area (Å²) >= 11 is 11.9. The number of pyridine rings is 1. The Bertz CT molecular complexity index is 869. The molecule has 0 aliphatic rings. The largest absolute Gasteiger partial charge is 0.345 e. The van der Waals surface area contributed by atoms with Crippen LogP contribution in [0.2, 0.25) is 10.0 Å². The van der Waals surface area contributed by atoms with Crippen molar-refractivity contribution >= 4 is 40.6 Å². The molecule has 2 aromatic heterocycles. The highest BCUT2D eigenvalue weighted by Gasteiger charge is 2.09. The van der Waals surface area contributed by atoms with Crippen molar-refractivity contribution in [1.29, 1.82) is 0 Å². The highest BCUT2D eigenvalue weighted by Crippen LogP contribution is 2.24. The third kappa shape index (κ3) is 4.89. The minimum Gasteiger partial charge on any atom is -0.345 e. The fourth-order valence-corrected chi connectivity index (χ4v) is 2.61. The molecule has 0 bridgehead atoms. The topological polar surface area (TPSA) is 79.8 Å². The second-order valence-corrected chi connectivity index (χ2v) is 5.95. The summed E-state index contributed by atoms with van der Waals surface area (Å²) < 4.78 is 0. The van der Waals surface area contributed by atoms with Gasteiger partial charge >= 0.3 is 0 Å². The number of nitrogens with one attached hydrogen (secondary N) is 2. The van der Waals surface area contributed by atoms with Gasteiger partial charge in [-0.3, -0.25) is 9.78 Å². The molecule has 2 N–H and O–H groups in total. The van der Waals surface area contributed by atoms with Gasteiger partial charge in [-0.25, -0.2) is 9.97 Å². The lowest BCUT2D eigenvalue weighted by Crippen LogP contribution is -2.24. The number of anilines is 2. The molecule has 126 valence electrons. The smallest absolute Gasteiger partial charge is 0.270 e. The first-order valence-electron chi connectivity index (χ1n) is 7.33. The van der Waals surface area contributed by atoms with Crippen molar-refractivity contribution in [3.05, 3.63) is 76.4 Å². The van der Waals surface area contributed by atoms with Crippen LogP contribution in [0, 0.1) is 0 Å². The summed E-state index contributed by atoms with van der Waals surface area (Å²) in [5.74, 6) is 0.136. The normalized spacial score (nSPS) is 10.3. The first-order chi connectivity index (χ1) is 12.1. The Kier molecular flexibility index (Phi) is 5.42. The van der Waals surface area contributed by atoms with Crippen LogP contribution in [0.25, 0.3) is 0 Å². The van der Waals surface area contributed by atoms with Gasteiger partial charge in [0.2, 0.25) is 0 Å². The molecule has 0 aliphatic carbocycles. The van der Waals surface area contributed by atoms with Crippen molar-refractivity contribution in [2.45, 2.75) is 6.54 Å². The van der Waals surface area contributed by atoms with Crippen LogP contribution in [-0.4, -0.2) is 20.9 Å². The molecule has 8 heteroatoms. The first kappa shape index (κ1) is 17.1. The molecule has 0 saturated heterocycles. The Hall–Kier alpha value is -2.70. The highest BCUT2D eigenvalue weighted by atomic mass is 35.5. The Morgan fingerprint density at radius 1 is 1.00 bits per heavy atom. The number of carbonyl (C=O) groups is 1. The van der Waals surface area contributed by atoms with Crippen molar-refractivity contribution in [3.8, 4) is 0 Å². The van der Waals surface area contributed by atoms with E-state index in [4.69, 9.17) is 23.2 Å². The molecule has 1 aromatic carbocycles. The maximum Gasteiger partial charge on any atom is 0.270 e. The minimum atomic E-state index is -0.319. The van der Waals surface area contributed by atoms with Gasteiger partial charge in [-0.1, -0.05) is 29.3 Å². The summed E-state index contributed by atoms with van der Waals surface area (Å²) in [6.07, 6.45) is 2.98. The third-order valence-corrected chi connectivity index (χ3v) is 3.63. The van der Waals surface area contributed by atoms with E-state index in [-0.39, 0.29) is 11.6 Å². The molecule has 25 heavy (non-hydrogen) atoms. The molecule has 0 spiro atoms. The van der Waals surface area contributed by atoms with E-state index < -0.39 is 0 Å². The zero-order valence-corrected chi connectivity index (χ0v) is 14.4. The predicted octanol–water partition coefficient (Wildman–Crippen LogP) is 3.85. The summed E-state index contributed by atoms with van der Waals surface area (Å²) in [7, 11) is 0. The molecule has 0 radical (unpaired) electrons. The van der Waals surface area contributed by atoms with Crippen molar-refractivity contribution in [2.24, 2.45) is 0 Å². The standard InChI is InChI=1S/C17H13Cl2N5O/c18-11-5-12(19)7-14(6-11)24-16-8-15(22-10-23-16)17(25)21-9-13-3-1-2-4-20-13/h1-8,10H,9H2,(H,21,25)(H,22,23,24). The molecule has 2 heterocycles. The molecule has 0 atom stereocenters. The second-order valence-electron chi connectivity index (χ2n) is 5.08. The van der Waals surface area contributed by atoms with E-state index in [9.17, 15) is 4.79 Å². The lowest BCUT2D eigenvalue weighted by atomic mass is 10.3. The molecular weight excluding hydrogens is 361 g/mol. The van der Waals surface area contributed by atoms with Crippen LogP contribution in [0.1, 0.15) is 16.2 Å². The average molecular weight is 374 g/mol. The molecule has 0 fully saturated rings. The molecule has 3 aromatic rings. The zero-order chi connectivity index (χ0) is 17.6. The van der Waals surface area contributed by atoms with Crippen molar-refractivity contribution in [2.75, 3.05) is 5.32 Å². The summed E-state index contributed by atoms with van der Waals surface area (Å²) in [5, 5.41) is 6.80. The van der Waals surface area contributed by atoms with Gasteiger partial charge in [-0.05, 0) is 30.3 Å². The SMILES string of the molecule is O=C(NCc1ccccn1)c1cc(Nc2cc(Cl)cc(Cl)c2)ncn1. The van der Waals surface area contributed by atoms with E-state index in [1.165, 1.54) is 6.33 Å². The van der Waals surface area contributed by atoms with Crippen LogP contribution in [-0.2, 0) is 6.54 Å². The van der Waals surface area contributed by atoms with E-state index in [1.807, 2.05) is 18.2 Å². The number of carbonyl (C=O) groups excluding carboxylic acids is 1. The van der Waals surface area contributed by atoms with Crippen LogP contribution >= 0.6 is 23.2 Å². The fraction of sp³-hybridized carbons (Fsp3) is 0.0588. The third-order valence-electron chi connectivity index (χ3n) is 3.19. The number of halogens is 2. The fourth-order valence-electron chi connectivity index (χ4n) is 2.09. The number of aromatic nitrogens is 3. The van der Waals surface area contributed by atoms with Gasteiger partial charge in [0.25, 0.3) is 5.91 Å². The molecule has 0 aliphatic heterocycles. The van der Waals surface area contributed by atoms with Gasteiger partial charge in [-0.2, -0.15) is 0 Å². The number of nitrogens with zero attached hydrogens (tertiary/aromatic N) is 3. The van der Waals surface area contributed by atoms with Gasteiger partial charge in [-0.15, -0.1) is 0 Å². The summed E-state index contributed by atoms with van der Waals surface area (Å²) in [4.78, 5) is 24.5. The van der Waals surface area contributed by atoms with Gasteiger partial charge in [0, 0.05) is 28.0 Å².